The fourth-order valence-corrected chi connectivity index (χ4v) is 1.45. The number of halogens is 2. The number of benzene rings is 1. The third-order valence-electron chi connectivity index (χ3n) is 2.21. The van der Waals surface area contributed by atoms with Gasteiger partial charge in [0.2, 0.25) is 5.96 Å². The number of ether oxygens (including phenoxy) is 1. The molecule has 0 bridgehead atoms. The lowest BCUT2D eigenvalue weighted by Gasteiger charge is -2.08. The van der Waals surface area contributed by atoms with Gasteiger partial charge in [-0.3, -0.25) is 0 Å². The zero-order valence-corrected chi connectivity index (χ0v) is 11.3. The topological polar surface area (TPSA) is 86.0 Å². The Morgan fingerprint density at radius 2 is 2.21 bits per heavy atom. The van der Waals surface area contributed by atoms with Crippen LogP contribution in [-0.4, -0.2) is 18.8 Å². The van der Waals surface area contributed by atoms with Crippen molar-refractivity contribution in [1.29, 1.82) is 0 Å². The zero-order chi connectivity index (χ0) is 14.3. The molecule has 0 fully saturated rings. The Morgan fingerprint density at radius 1 is 1.47 bits per heavy atom. The molecule has 0 aromatic heterocycles. The van der Waals surface area contributed by atoms with E-state index in [-0.39, 0.29) is 22.3 Å². The van der Waals surface area contributed by atoms with Crippen LogP contribution in [0, 0.1) is 5.82 Å². The highest BCUT2D eigenvalue weighted by atomic mass is 35.5. The summed E-state index contributed by atoms with van der Waals surface area (Å²) < 4.78 is 19.4. The van der Waals surface area contributed by atoms with Gasteiger partial charge in [0, 0.05) is 0 Å². The molecule has 0 aliphatic rings. The van der Waals surface area contributed by atoms with Gasteiger partial charge in [-0.05, 0) is 18.6 Å². The van der Waals surface area contributed by atoms with Crippen LogP contribution in [-0.2, 0) is 0 Å². The first kappa shape index (κ1) is 15.2. The first-order valence-electron chi connectivity index (χ1n) is 5.79. The quantitative estimate of drug-likeness (QED) is 0.364. The van der Waals surface area contributed by atoms with E-state index in [1.807, 2.05) is 6.92 Å². The van der Waals surface area contributed by atoms with Gasteiger partial charge in [0.25, 0.3) is 0 Å². The van der Waals surface area contributed by atoms with Crippen LogP contribution in [0.4, 0.5) is 4.39 Å². The second-order valence-electron chi connectivity index (χ2n) is 3.74. The summed E-state index contributed by atoms with van der Waals surface area (Å²) in [6, 6.07) is 3.01. The average molecular weight is 287 g/mol. The molecule has 5 nitrogen and oxygen atoms in total. The minimum Gasteiger partial charge on any atom is -0.490 e. The molecule has 0 aliphatic carbocycles. The van der Waals surface area contributed by atoms with E-state index in [1.54, 1.807) is 0 Å². The molecular weight excluding hydrogens is 271 g/mol. The Labute approximate surface area is 116 Å². The van der Waals surface area contributed by atoms with Crippen molar-refractivity contribution in [3.8, 4) is 5.75 Å². The Kier molecular flexibility index (Phi) is 6.08. The van der Waals surface area contributed by atoms with Gasteiger partial charge in [0.1, 0.15) is 0 Å². The summed E-state index contributed by atoms with van der Waals surface area (Å²) in [6.45, 7) is 2.47. The van der Waals surface area contributed by atoms with Crippen LogP contribution >= 0.6 is 11.6 Å². The summed E-state index contributed by atoms with van der Waals surface area (Å²) in [7, 11) is 0. The van der Waals surface area contributed by atoms with E-state index in [1.165, 1.54) is 12.1 Å². The van der Waals surface area contributed by atoms with E-state index in [0.717, 1.165) is 19.1 Å². The number of nitrogens with zero attached hydrogens (tertiary/aromatic N) is 2. The lowest BCUT2D eigenvalue weighted by atomic mass is 10.2. The minimum absolute atomic E-state index is 0.0839. The summed E-state index contributed by atoms with van der Waals surface area (Å²) in [6.07, 6.45) is 2.96. The van der Waals surface area contributed by atoms with Crippen molar-refractivity contribution in [2.75, 3.05) is 6.61 Å². The van der Waals surface area contributed by atoms with Crippen LogP contribution in [0.25, 0.3) is 0 Å². The lowest BCUT2D eigenvalue weighted by Crippen LogP contribution is -2.21. The number of guanidine groups is 1. The third kappa shape index (κ3) is 4.75. The molecule has 1 rings (SSSR count). The SMILES string of the molecule is CCCCOc1ccc(Cl)c(C=NN=C(N)N)c1F. The first-order valence-corrected chi connectivity index (χ1v) is 6.16. The standard InChI is InChI=1S/C12H16ClFN4O/c1-2-3-6-19-10-5-4-9(13)8(11(10)14)7-17-18-12(15)16/h4-5,7H,2-3,6H2,1H3,(H4,15,16,18). The molecule has 0 aliphatic heterocycles. The monoisotopic (exact) mass is 286 g/mol. The molecule has 0 saturated heterocycles. The second-order valence-corrected chi connectivity index (χ2v) is 4.15. The van der Waals surface area contributed by atoms with Crippen molar-refractivity contribution in [1.82, 2.24) is 0 Å². The van der Waals surface area contributed by atoms with Gasteiger partial charge in [0.15, 0.2) is 11.6 Å². The minimum atomic E-state index is -0.585. The highest BCUT2D eigenvalue weighted by Gasteiger charge is 2.11. The number of rotatable bonds is 6. The molecule has 0 heterocycles. The summed E-state index contributed by atoms with van der Waals surface area (Å²) in [5.74, 6) is -0.676. The van der Waals surface area contributed by atoms with Gasteiger partial charge in [-0.1, -0.05) is 24.9 Å². The van der Waals surface area contributed by atoms with Crippen molar-refractivity contribution in [3.63, 3.8) is 0 Å². The molecule has 4 N–H and O–H groups in total. The van der Waals surface area contributed by atoms with Crippen molar-refractivity contribution in [2.45, 2.75) is 19.8 Å². The normalized spacial score (nSPS) is 10.7. The van der Waals surface area contributed by atoms with Crippen molar-refractivity contribution in [2.24, 2.45) is 21.7 Å². The molecule has 0 unspecified atom stereocenters. The molecular formula is C12H16ClFN4O. The molecule has 104 valence electrons. The van der Waals surface area contributed by atoms with Crippen LogP contribution < -0.4 is 16.2 Å². The Hall–Kier alpha value is -1.82. The number of hydrogen-bond donors (Lipinski definition) is 2. The van der Waals surface area contributed by atoms with Gasteiger partial charge < -0.3 is 16.2 Å². The van der Waals surface area contributed by atoms with E-state index in [9.17, 15) is 4.39 Å². The Morgan fingerprint density at radius 3 is 2.84 bits per heavy atom. The highest BCUT2D eigenvalue weighted by molar-refractivity contribution is 6.33. The van der Waals surface area contributed by atoms with Crippen molar-refractivity contribution >= 4 is 23.8 Å². The van der Waals surface area contributed by atoms with Gasteiger partial charge in [0.05, 0.1) is 23.4 Å². The van der Waals surface area contributed by atoms with Crippen molar-refractivity contribution in [3.05, 3.63) is 28.5 Å². The van der Waals surface area contributed by atoms with Crippen LogP contribution in [0.5, 0.6) is 5.75 Å². The van der Waals surface area contributed by atoms with Gasteiger partial charge >= 0.3 is 0 Å². The van der Waals surface area contributed by atoms with E-state index >= 15 is 0 Å². The molecule has 1 aromatic carbocycles. The van der Waals surface area contributed by atoms with Gasteiger partial charge in [-0.2, -0.15) is 5.10 Å². The summed E-state index contributed by atoms with van der Waals surface area (Å²) in [5, 5.41) is 7.12. The van der Waals surface area contributed by atoms with Crippen molar-refractivity contribution < 1.29 is 9.13 Å². The molecule has 0 amide bonds. The van der Waals surface area contributed by atoms with E-state index in [2.05, 4.69) is 10.2 Å². The smallest absolute Gasteiger partial charge is 0.211 e. The van der Waals surface area contributed by atoms with E-state index in [0.29, 0.717) is 6.61 Å². The molecule has 0 spiro atoms. The highest BCUT2D eigenvalue weighted by Crippen LogP contribution is 2.26. The molecule has 1 aromatic rings. The largest absolute Gasteiger partial charge is 0.490 e. The van der Waals surface area contributed by atoms with Gasteiger partial charge in [-0.15, -0.1) is 5.10 Å². The first-order chi connectivity index (χ1) is 9.06. The summed E-state index contributed by atoms with van der Waals surface area (Å²) in [4.78, 5) is 0. The second kappa shape index (κ2) is 7.58. The number of hydrogen-bond acceptors (Lipinski definition) is 3. The number of nitrogens with two attached hydrogens (primary N) is 2. The fraction of sp³-hybridized carbons (Fsp3) is 0.333. The third-order valence-corrected chi connectivity index (χ3v) is 2.54. The van der Waals surface area contributed by atoms with Gasteiger partial charge in [-0.25, -0.2) is 4.39 Å². The summed E-state index contributed by atoms with van der Waals surface area (Å²) >= 11 is 5.88. The summed E-state index contributed by atoms with van der Waals surface area (Å²) in [5.41, 5.74) is 10.3. The van der Waals surface area contributed by atoms with E-state index in [4.69, 9.17) is 27.8 Å². The zero-order valence-electron chi connectivity index (χ0n) is 10.6. The Bertz CT molecular complexity index is 487. The maximum Gasteiger partial charge on any atom is 0.211 e. The average Bonchev–Trinajstić information content (AvgIpc) is 2.36. The van der Waals surface area contributed by atoms with Crippen LogP contribution in [0.3, 0.4) is 0 Å². The molecule has 0 saturated carbocycles. The number of unbranched alkanes of at least 4 members (excludes halogenated alkanes) is 1. The molecule has 19 heavy (non-hydrogen) atoms. The molecule has 0 atom stereocenters. The van der Waals surface area contributed by atoms with Crippen LogP contribution in [0.2, 0.25) is 5.02 Å². The maximum absolute atomic E-state index is 14.1. The predicted molar refractivity (Wildman–Crippen MR) is 75.2 cm³/mol. The predicted octanol–water partition coefficient (Wildman–Crippen LogP) is 2.27. The molecule has 0 radical (unpaired) electrons. The lowest BCUT2D eigenvalue weighted by molar-refractivity contribution is 0.294. The Balaban J connectivity index is 2.93. The van der Waals surface area contributed by atoms with E-state index < -0.39 is 5.82 Å². The molecule has 7 heteroatoms. The fourth-order valence-electron chi connectivity index (χ4n) is 1.26. The van der Waals surface area contributed by atoms with Crippen LogP contribution in [0.15, 0.2) is 22.3 Å². The maximum atomic E-state index is 14.1. The van der Waals surface area contributed by atoms with Crippen LogP contribution in [0.1, 0.15) is 25.3 Å².